The van der Waals surface area contributed by atoms with Crippen molar-refractivity contribution < 1.29 is 0 Å². The fourth-order valence-corrected chi connectivity index (χ4v) is 1.52. The Hall–Kier alpha value is -1.31. The van der Waals surface area contributed by atoms with Crippen LogP contribution in [0.3, 0.4) is 0 Å². The van der Waals surface area contributed by atoms with Crippen molar-refractivity contribution in [3.05, 3.63) is 35.9 Å². The van der Waals surface area contributed by atoms with Gasteiger partial charge >= 0.3 is 0 Å². The predicted octanol–water partition coefficient (Wildman–Crippen LogP) is 1.62. The van der Waals surface area contributed by atoms with Crippen LogP contribution >= 0.6 is 0 Å². The van der Waals surface area contributed by atoms with Gasteiger partial charge in [0.2, 0.25) is 0 Å². The topological polar surface area (TPSA) is 24.4 Å². The van der Waals surface area contributed by atoms with E-state index in [1.54, 1.807) is 0 Å². The Kier molecular flexibility index (Phi) is 2.60. The molecule has 1 aromatic carbocycles. The molecule has 0 saturated carbocycles. The molecule has 13 heavy (non-hydrogen) atoms. The Morgan fingerprint density at radius 3 is 2.69 bits per heavy atom. The molecular weight excluding hydrogens is 160 g/mol. The Bertz CT molecular complexity index is 290. The molecular formula is C11H14N2. The number of aryl methyl sites for hydroxylation is 1. The average molecular weight is 174 g/mol. The summed E-state index contributed by atoms with van der Waals surface area (Å²) < 4.78 is 0. The van der Waals surface area contributed by atoms with E-state index in [-0.39, 0.29) is 0 Å². The van der Waals surface area contributed by atoms with Crippen molar-refractivity contribution in [3.8, 4) is 0 Å². The standard InChI is InChI=1S/C11H14N2/c1-2-4-10(5-3-1)6-7-11-12-8-9-13-11/h1-5H,6-9H2,(H,12,13). The highest BCUT2D eigenvalue weighted by atomic mass is 15.1. The van der Waals surface area contributed by atoms with Gasteiger partial charge in [0.25, 0.3) is 0 Å². The first-order chi connectivity index (χ1) is 6.45. The average Bonchev–Trinajstić information content (AvgIpc) is 2.69. The molecule has 1 aliphatic heterocycles. The van der Waals surface area contributed by atoms with Crippen molar-refractivity contribution in [3.63, 3.8) is 0 Å². The van der Waals surface area contributed by atoms with Gasteiger partial charge in [-0.3, -0.25) is 4.99 Å². The van der Waals surface area contributed by atoms with Gasteiger partial charge in [-0.2, -0.15) is 0 Å². The molecule has 0 radical (unpaired) electrons. The lowest BCUT2D eigenvalue weighted by molar-refractivity contribution is 0.934. The van der Waals surface area contributed by atoms with Gasteiger partial charge in [-0.05, 0) is 12.0 Å². The van der Waals surface area contributed by atoms with E-state index < -0.39 is 0 Å². The lowest BCUT2D eigenvalue weighted by Gasteiger charge is -2.01. The number of benzene rings is 1. The van der Waals surface area contributed by atoms with Crippen molar-refractivity contribution in [2.45, 2.75) is 12.8 Å². The Morgan fingerprint density at radius 1 is 1.15 bits per heavy atom. The zero-order valence-corrected chi connectivity index (χ0v) is 7.66. The van der Waals surface area contributed by atoms with Crippen LogP contribution < -0.4 is 5.32 Å². The van der Waals surface area contributed by atoms with Crippen LogP contribution in [0.5, 0.6) is 0 Å². The fourth-order valence-electron chi connectivity index (χ4n) is 1.52. The van der Waals surface area contributed by atoms with E-state index in [4.69, 9.17) is 0 Å². The second kappa shape index (κ2) is 4.08. The number of nitrogens with zero attached hydrogens (tertiary/aromatic N) is 1. The van der Waals surface area contributed by atoms with Gasteiger partial charge in [0, 0.05) is 13.0 Å². The molecule has 2 nitrogen and oxygen atoms in total. The van der Waals surface area contributed by atoms with E-state index >= 15 is 0 Å². The molecule has 0 unspecified atom stereocenters. The lowest BCUT2D eigenvalue weighted by Crippen LogP contribution is -2.18. The van der Waals surface area contributed by atoms with Crippen LogP contribution in [0.4, 0.5) is 0 Å². The quantitative estimate of drug-likeness (QED) is 0.740. The number of nitrogens with one attached hydrogen (secondary N) is 1. The van der Waals surface area contributed by atoms with E-state index in [0.717, 1.165) is 25.9 Å². The Balaban J connectivity index is 1.86. The molecule has 0 fully saturated rings. The Morgan fingerprint density at radius 2 is 2.00 bits per heavy atom. The third-order valence-corrected chi connectivity index (χ3v) is 2.24. The molecule has 68 valence electrons. The monoisotopic (exact) mass is 174 g/mol. The predicted molar refractivity (Wildman–Crippen MR) is 55.1 cm³/mol. The summed E-state index contributed by atoms with van der Waals surface area (Å²) in [6.45, 7) is 1.97. The summed E-state index contributed by atoms with van der Waals surface area (Å²) in [5.41, 5.74) is 1.39. The van der Waals surface area contributed by atoms with Crippen molar-refractivity contribution in [1.82, 2.24) is 5.32 Å². The number of aliphatic imine (C=N–C) groups is 1. The number of hydrogen-bond donors (Lipinski definition) is 1. The smallest absolute Gasteiger partial charge is 0.0967 e. The molecule has 0 saturated heterocycles. The molecule has 2 heteroatoms. The van der Waals surface area contributed by atoms with E-state index in [1.165, 1.54) is 11.4 Å². The third kappa shape index (κ3) is 2.31. The summed E-state index contributed by atoms with van der Waals surface area (Å²) >= 11 is 0. The van der Waals surface area contributed by atoms with E-state index in [0.29, 0.717) is 0 Å². The van der Waals surface area contributed by atoms with Crippen LogP contribution in [-0.4, -0.2) is 18.9 Å². The maximum Gasteiger partial charge on any atom is 0.0967 e. The molecule has 0 bridgehead atoms. The van der Waals surface area contributed by atoms with Gasteiger partial charge < -0.3 is 5.32 Å². The highest BCUT2D eigenvalue weighted by Crippen LogP contribution is 2.03. The molecule has 1 aromatic rings. The molecule has 2 rings (SSSR count). The van der Waals surface area contributed by atoms with E-state index in [9.17, 15) is 0 Å². The van der Waals surface area contributed by atoms with Crippen molar-refractivity contribution in [2.75, 3.05) is 13.1 Å². The maximum absolute atomic E-state index is 4.36. The minimum atomic E-state index is 0.949. The number of amidine groups is 1. The molecule has 0 aromatic heterocycles. The van der Waals surface area contributed by atoms with Crippen LogP contribution in [0.25, 0.3) is 0 Å². The molecule has 0 atom stereocenters. The van der Waals surface area contributed by atoms with Gasteiger partial charge in [0.15, 0.2) is 0 Å². The number of hydrogen-bond acceptors (Lipinski definition) is 2. The van der Waals surface area contributed by atoms with Crippen LogP contribution in [0.1, 0.15) is 12.0 Å². The van der Waals surface area contributed by atoms with Crippen molar-refractivity contribution >= 4 is 5.84 Å². The summed E-state index contributed by atoms with van der Waals surface area (Å²) in [4.78, 5) is 4.36. The van der Waals surface area contributed by atoms with Gasteiger partial charge in [-0.1, -0.05) is 30.3 Å². The SMILES string of the molecule is c1ccc(CCC2=NCCN2)cc1. The zero-order valence-electron chi connectivity index (χ0n) is 7.66. The highest BCUT2D eigenvalue weighted by Gasteiger charge is 2.03. The molecule has 1 heterocycles. The summed E-state index contributed by atoms with van der Waals surface area (Å²) in [7, 11) is 0. The summed E-state index contributed by atoms with van der Waals surface area (Å²) in [6.07, 6.45) is 2.14. The van der Waals surface area contributed by atoms with Crippen molar-refractivity contribution in [1.29, 1.82) is 0 Å². The van der Waals surface area contributed by atoms with Gasteiger partial charge in [-0.25, -0.2) is 0 Å². The minimum Gasteiger partial charge on any atom is -0.372 e. The fraction of sp³-hybridized carbons (Fsp3) is 0.364. The normalized spacial score (nSPS) is 15.2. The van der Waals surface area contributed by atoms with Gasteiger partial charge in [-0.15, -0.1) is 0 Å². The summed E-state index contributed by atoms with van der Waals surface area (Å²) in [6, 6.07) is 10.5. The molecule has 0 spiro atoms. The largest absolute Gasteiger partial charge is 0.372 e. The minimum absolute atomic E-state index is 0.949. The van der Waals surface area contributed by atoms with Crippen LogP contribution in [0, 0.1) is 0 Å². The molecule has 0 amide bonds. The summed E-state index contributed by atoms with van der Waals surface area (Å²) in [5, 5.41) is 3.28. The van der Waals surface area contributed by atoms with Crippen LogP contribution in [0.2, 0.25) is 0 Å². The van der Waals surface area contributed by atoms with Gasteiger partial charge in [0.05, 0.1) is 12.4 Å². The maximum atomic E-state index is 4.36. The summed E-state index contributed by atoms with van der Waals surface area (Å²) in [5.74, 6) is 1.17. The second-order valence-electron chi connectivity index (χ2n) is 3.24. The first-order valence-corrected chi connectivity index (χ1v) is 4.76. The van der Waals surface area contributed by atoms with Crippen LogP contribution in [-0.2, 0) is 6.42 Å². The van der Waals surface area contributed by atoms with Gasteiger partial charge in [0.1, 0.15) is 0 Å². The lowest BCUT2D eigenvalue weighted by atomic mass is 10.1. The zero-order chi connectivity index (χ0) is 8.93. The van der Waals surface area contributed by atoms with E-state index in [1.807, 2.05) is 0 Å². The molecule has 0 aliphatic carbocycles. The Labute approximate surface area is 78.7 Å². The van der Waals surface area contributed by atoms with E-state index in [2.05, 4.69) is 40.6 Å². The van der Waals surface area contributed by atoms with Crippen LogP contribution in [0.15, 0.2) is 35.3 Å². The molecule has 1 N–H and O–H groups in total. The third-order valence-electron chi connectivity index (χ3n) is 2.24. The first kappa shape index (κ1) is 8.30. The highest BCUT2D eigenvalue weighted by molar-refractivity contribution is 5.83. The second-order valence-corrected chi connectivity index (χ2v) is 3.24. The number of rotatable bonds is 3. The molecule has 1 aliphatic rings. The first-order valence-electron chi connectivity index (χ1n) is 4.76. The van der Waals surface area contributed by atoms with Crippen molar-refractivity contribution in [2.24, 2.45) is 4.99 Å².